The number of benzene rings is 2. The Hall–Kier alpha value is -2.75. The van der Waals surface area contributed by atoms with Gasteiger partial charge in [0, 0.05) is 25.3 Å². The van der Waals surface area contributed by atoms with E-state index in [9.17, 15) is 9.18 Å². The Bertz CT molecular complexity index is 798. The fourth-order valence-corrected chi connectivity index (χ4v) is 3.22. The molecule has 3 rings (SSSR count). The quantitative estimate of drug-likeness (QED) is 0.884. The number of hydrogen-bond acceptors (Lipinski definition) is 4. The molecule has 1 saturated heterocycles. The van der Waals surface area contributed by atoms with Gasteiger partial charge in [-0.25, -0.2) is 4.39 Å². The van der Waals surface area contributed by atoms with Crippen molar-refractivity contribution < 1.29 is 9.18 Å². The molecule has 1 aliphatic rings. The molecule has 0 radical (unpaired) electrons. The van der Waals surface area contributed by atoms with Crippen molar-refractivity contribution in [1.29, 1.82) is 5.26 Å². The molecule has 0 saturated carbocycles. The highest BCUT2D eigenvalue weighted by molar-refractivity contribution is 5.92. The second-order valence-corrected chi connectivity index (χ2v) is 6.77. The van der Waals surface area contributed by atoms with E-state index in [-0.39, 0.29) is 11.7 Å². The van der Waals surface area contributed by atoms with Crippen LogP contribution in [0.3, 0.4) is 0 Å². The lowest BCUT2D eigenvalue weighted by molar-refractivity contribution is -0.117. The Balaban J connectivity index is 1.46. The number of carbonyl (C=O) groups is 1. The lowest BCUT2D eigenvalue weighted by Crippen LogP contribution is -2.36. The molecule has 0 spiro atoms. The van der Waals surface area contributed by atoms with E-state index in [4.69, 9.17) is 5.26 Å². The second-order valence-electron chi connectivity index (χ2n) is 6.77. The Kier molecular flexibility index (Phi) is 6.53. The molecular weight excluding hydrogens is 343 g/mol. The third kappa shape index (κ3) is 5.88. The predicted octanol–water partition coefficient (Wildman–Crippen LogP) is 2.84. The van der Waals surface area contributed by atoms with E-state index in [2.05, 4.69) is 21.2 Å². The zero-order valence-electron chi connectivity index (χ0n) is 15.2. The summed E-state index contributed by atoms with van der Waals surface area (Å²) in [5.41, 5.74) is 2.48. The van der Waals surface area contributed by atoms with Gasteiger partial charge in [-0.3, -0.25) is 14.6 Å². The maximum atomic E-state index is 12.9. The number of nitrogens with one attached hydrogen (secondary N) is 1. The molecular formula is C21H23FN4O. The van der Waals surface area contributed by atoms with Crippen LogP contribution >= 0.6 is 0 Å². The zero-order chi connectivity index (χ0) is 19.1. The molecule has 1 heterocycles. The van der Waals surface area contributed by atoms with Crippen LogP contribution in [-0.2, 0) is 11.3 Å². The summed E-state index contributed by atoms with van der Waals surface area (Å²) in [6.07, 6.45) is 1.00. The molecule has 27 heavy (non-hydrogen) atoms. The van der Waals surface area contributed by atoms with E-state index in [1.165, 1.54) is 17.7 Å². The molecule has 2 aromatic carbocycles. The maximum absolute atomic E-state index is 12.9. The largest absolute Gasteiger partial charge is 0.325 e. The number of nitrogens with zero attached hydrogens (tertiary/aromatic N) is 3. The normalized spacial score (nSPS) is 15.7. The van der Waals surface area contributed by atoms with Gasteiger partial charge in [-0.05, 0) is 61.5 Å². The third-order valence-corrected chi connectivity index (χ3v) is 4.67. The van der Waals surface area contributed by atoms with Crippen molar-refractivity contribution >= 4 is 11.6 Å². The average molecular weight is 366 g/mol. The predicted molar refractivity (Wildman–Crippen MR) is 103 cm³/mol. The van der Waals surface area contributed by atoms with Gasteiger partial charge in [0.2, 0.25) is 5.91 Å². The Labute approximate surface area is 159 Å². The highest BCUT2D eigenvalue weighted by Crippen LogP contribution is 2.11. The van der Waals surface area contributed by atoms with Crippen molar-refractivity contribution in [1.82, 2.24) is 9.80 Å². The van der Waals surface area contributed by atoms with Crippen LogP contribution in [-0.4, -0.2) is 48.4 Å². The van der Waals surface area contributed by atoms with Gasteiger partial charge in [-0.2, -0.15) is 5.26 Å². The molecule has 1 aliphatic heterocycles. The smallest absolute Gasteiger partial charge is 0.238 e. The minimum absolute atomic E-state index is 0.0813. The highest BCUT2D eigenvalue weighted by atomic mass is 19.1. The third-order valence-electron chi connectivity index (χ3n) is 4.67. The summed E-state index contributed by atoms with van der Waals surface area (Å²) < 4.78 is 12.9. The number of nitriles is 1. The first-order valence-electron chi connectivity index (χ1n) is 9.11. The number of anilines is 1. The highest BCUT2D eigenvalue weighted by Gasteiger charge is 2.17. The van der Waals surface area contributed by atoms with Gasteiger partial charge in [0.05, 0.1) is 18.2 Å². The lowest BCUT2D eigenvalue weighted by atomic mass is 10.1. The summed E-state index contributed by atoms with van der Waals surface area (Å²) in [6, 6.07) is 15.6. The molecule has 5 nitrogen and oxygen atoms in total. The summed E-state index contributed by atoms with van der Waals surface area (Å²) in [6.45, 7) is 4.76. The molecule has 1 amide bonds. The van der Waals surface area contributed by atoms with Crippen LogP contribution in [0, 0.1) is 17.1 Å². The van der Waals surface area contributed by atoms with Gasteiger partial charge in [-0.1, -0.05) is 12.1 Å². The fraction of sp³-hybridized carbons (Fsp3) is 0.333. The van der Waals surface area contributed by atoms with Crippen LogP contribution in [0.25, 0.3) is 0 Å². The lowest BCUT2D eigenvalue weighted by Gasteiger charge is -2.21. The molecule has 1 fully saturated rings. The fourth-order valence-electron chi connectivity index (χ4n) is 3.22. The first kappa shape index (κ1) is 19.0. The van der Waals surface area contributed by atoms with E-state index in [1.807, 2.05) is 24.3 Å². The van der Waals surface area contributed by atoms with Crippen molar-refractivity contribution in [2.45, 2.75) is 13.0 Å². The van der Waals surface area contributed by atoms with Crippen molar-refractivity contribution in [3.63, 3.8) is 0 Å². The summed E-state index contributed by atoms with van der Waals surface area (Å²) in [5, 5.41) is 11.7. The number of amides is 1. The summed E-state index contributed by atoms with van der Waals surface area (Å²) in [5.74, 6) is -0.398. The molecule has 6 heteroatoms. The maximum Gasteiger partial charge on any atom is 0.238 e. The molecule has 0 unspecified atom stereocenters. The number of carbonyl (C=O) groups excluding carboxylic acids is 1. The van der Waals surface area contributed by atoms with Crippen LogP contribution in [0.2, 0.25) is 0 Å². The topological polar surface area (TPSA) is 59.4 Å². The molecule has 0 atom stereocenters. The van der Waals surface area contributed by atoms with Crippen molar-refractivity contribution in [2.24, 2.45) is 0 Å². The monoisotopic (exact) mass is 366 g/mol. The summed E-state index contributed by atoms with van der Waals surface area (Å²) in [7, 11) is 0. The van der Waals surface area contributed by atoms with Gasteiger partial charge in [0.25, 0.3) is 0 Å². The Morgan fingerprint density at radius 3 is 2.37 bits per heavy atom. The SMILES string of the molecule is N#Cc1ccc(CN2CCCN(CC(=O)Nc3ccc(F)cc3)CC2)cc1. The van der Waals surface area contributed by atoms with Gasteiger partial charge in [0.1, 0.15) is 5.82 Å². The standard InChI is InChI=1S/C21H23FN4O/c22-19-6-8-20(9-7-19)24-21(27)16-26-11-1-10-25(12-13-26)15-18-4-2-17(14-23)3-5-18/h2-9H,1,10-13,15-16H2,(H,24,27). The van der Waals surface area contributed by atoms with E-state index < -0.39 is 0 Å². The molecule has 1 N–H and O–H groups in total. The molecule has 2 aromatic rings. The van der Waals surface area contributed by atoms with E-state index in [0.717, 1.165) is 39.1 Å². The van der Waals surface area contributed by atoms with Crippen molar-refractivity contribution in [3.8, 4) is 6.07 Å². The summed E-state index contributed by atoms with van der Waals surface area (Å²) in [4.78, 5) is 16.7. The van der Waals surface area contributed by atoms with Gasteiger partial charge >= 0.3 is 0 Å². The van der Waals surface area contributed by atoms with Crippen molar-refractivity contribution in [3.05, 3.63) is 65.5 Å². The molecule has 0 aromatic heterocycles. The minimum atomic E-state index is -0.317. The molecule has 0 bridgehead atoms. The number of halogens is 1. The minimum Gasteiger partial charge on any atom is -0.325 e. The van der Waals surface area contributed by atoms with E-state index in [1.54, 1.807) is 12.1 Å². The van der Waals surface area contributed by atoms with Crippen LogP contribution in [0.15, 0.2) is 48.5 Å². The van der Waals surface area contributed by atoms with Gasteiger partial charge < -0.3 is 5.32 Å². The van der Waals surface area contributed by atoms with E-state index >= 15 is 0 Å². The van der Waals surface area contributed by atoms with Crippen LogP contribution in [0.5, 0.6) is 0 Å². The first-order valence-corrected chi connectivity index (χ1v) is 9.11. The molecule has 140 valence electrons. The van der Waals surface area contributed by atoms with Gasteiger partial charge in [-0.15, -0.1) is 0 Å². The van der Waals surface area contributed by atoms with E-state index in [0.29, 0.717) is 17.8 Å². The summed E-state index contributed by atoms with van der Waals surface area (Å²) >= 11 is 0. The van der Waals surface area contributed by atoms with Crippen LogP contribution < -0.4 is 5.32 Å². The van der Waals surface area contributed by atoms with Crippen LogP contribution in [0.1, 0.15) is 17.5 Å². The number of hydrogen-bond donors (Lipinski definition) is 1. The second kappa shape index (κ2) is 9.26. The Morgan fingerprint density at radius 1 is 1.00 bits per heavy atom. The molecule has 0 aliphatic carbocycles. The van der Waals surface area contributed by atoms with Crippen molar-refractivity contribution in [2.75, 3.05) is 38.0 Å². The Morgan fingerprint density at radius 2 is 1.67 bits per heavy atom. The first-order chi connectivity index (χ1) is 13.1. The zero-order valence-corrected chi connectivity index (χ0v) is 15.2. The van der Waals surface area contributed by atoms with Gasteiger partial charge in [0.15, 0.2) is 0 Å². The van der Waals surface area contributed by atoms with Crippen LogP contribution in [0.4, 0.5) is 10.1 Å². The number of rotatable bonds is 5. The average Bonchev–Trinajstić information content (AvgIpc) is 2.89.